The largest absolute Gasteiger partial charge is 0.477 e. The Bertz CT molecular complexity index is 1180. The molecule has 0 heterocycles. The second-order valence-corrected chi connectivity index (χ2v) is 6.64. The number of carboxylic acids is 1. The van der Waals surface area contributed by atoms with Gasteiger partial charge < -0.3 is 15.2 Å². The Hall–Kier alpha value is -4.17. The van der Waals surface area contributed by atoms with Crippen LogP contribution in [0.1, 0.15) is 15.9 Å². The highest BCUT2D eigenvalue weighted by Gasteiger charge is 2.14. The summed E-state index contributed by atoms with van der Waals surface area (Å²) in [7, 11) is 0. The van der Waals surface area contributed by atoms with E-state index in [9.17, 15) is 24.8 Å². The van der Waals surface area contributed by atoms with Crippen molar-refractivity contribution in [3.63, 3.8) is 0 Å². The van der Waals surface area contributed by atoms with Gasteiger partial charge in [0.1, 0.15) is 17.2 Å². The van der Waals surface area contributed by atoms with Crippen molar-refractivity contribution in [3.05, 3.63) is 105 Å². The van der Waals surface area contributed by atoms with Gasteiger partial charge in [-0.3, -0.25) is 14.9 Å². The van der Waals surface area contributed by atoms with Crippen molar-refractivity contribution in [2.24, 2.45) is 0 Å². The van der Waals surface area contributed by atoms with E-state index < -0.39 is 16.8 Å². The Morgan fingerprint density at radius 3 is 2.42 bits per heavy atom. The molecule has 0 saturated carbocycles. The fourth-order valence-corrected chi connectivity index (χ4v) is 2.80. The second kappa shape index (κ2) is 9.55. The Morgan fingerprint density at radius 2 is 1.77 bits per heavy atom. The summed E-state index contributed by atoms with van der Waals surface area (Å²) in [5.74, 6) is -1.35. The highest BCUT2D eigenvalue weighted by molar-refractivity contribution is 6.32. The summed E-state index contributed by atoms with van der Waals surface area (Å²) < 4.78 is 5.66. The summed E-state index contributed by atoms with van der Waals surface area (Å²) in [4.78, 5) is 34.1. The summed E-state index contributed by atoms with van der Waals surface area (Å²) >= 11 is 6.04. The van der Waals surface area contributed by atoms with E-state index in [-0.39, 0.29) is 22.2 Å². The first kappa shape index (κ1) is 21.5. The van der Waals surface area contributed by atoms with Crippen LogP contribution < -0.4 is 10.1 Å². The van der Waals surface area contributed by atoms with Crippen molar-refractivity contribution in [2.45, 2.75) is 0 Å². The third kappa shape index (κ3) is 5.68. The molecule has 0 radical (unpaired) electrons. The van der Waals surface area contributed by atoms with Crippen LogP contribution in [0.4, 0.5) is 5.69 Å². The lowest BCUT2D eigenvalue weighted by Crippen LogP contribution is -2.27. The lowest BCUT2D eigenvalue weighted by Gasteiger charge is -2.09. The zero-order valence-corrected chi connectivity index (χ0v) is 16.6. The highest BCUT2D eigenvalue weighted by atomic mass is 35.5. The first-order chi connectivity index (χ1) is 14.8. The Labute approximate surface area is 181 Å². The third-order valence-electron chi connectivity index (χ3n) is 4.04. The number of nitrogens with one attached hydrogen (secondary N) is 1. The topological polar surface area (TPSA) is 119 Å². The highest BCUT2D eigenvalue weighted by Crippen LogP contribution is 2.32. The van der Waals surface area contributed by atoms with Gasteiger partial charge in [-0.1, -0.05) is 41.9 Å². The van der Waals surface area contributed by atoms with Crippen LogP contribution >= 0.6 is 11.6 Å². The molecule has 0 saturated heterocycles. The minimum Gasteiger partial charge on any atom is -0.477 e. The predicted molar refractivity (Wildman–Crippen MR) is 114 cm³/mol. The molecule has 3 rings (SSSR count). The number of benzene rings is 3. The Kier molecular flexibility index (Phi) is 6.64. The van der Waals surface area contributed by atoms with Crippen molar-refractivity contribution in [1.29, 1.82) is 0 Å². The number of non-ortho nitro benzene ring substituents is 1. The Morgan fingerprint density at radius 1 is 1.03 bits per heavy atom. The summed E-state index contributed by atoms with van der Waals surface area (Å²) in [5, 5.41) is 22.7. The van der Waals surface area contributed by atoms with Crippen molar-refractivity contribution < 1.29 is 24.4 Å². The molecule has 3 aromatic carbocycles. The lowest BCUT2D eigenvalue weighted by atomic mass is 10.1. The maximum absolute atomic E-state index is 12.3. The van der Waals surface area contributed by atoms with E-state index in [0.29, 0.717) is 16.9 Å². The minimum atomic E-state index is -1.31. The number of nitro benzene ring substituents is 1. The smallest absolute Gasteiger partial charge is 0.352 e. The molecule has 8 nitrogen and oxygen atoms in total. The molecule has 156 valence electrons. The van der Waals surface area contributed by atoms with Crippen molar-refractivity contribution >= 4 is 35.2 Å². The van der Waals surface area contributed by atoms with Crippen molar-refractivity contribution in [1.82, 2.24) is 5.32 Å². The van der Waals surface area contributed by atoms with Crippen LogP contribution in [-0.4, -0.2) is 21.9 Å². The molecule has 0 unspecified atom stereocenters. The number of hydrogen-bond donors (Lipinski definition) is 2. The van der Waals surface area contributed by atoms with Gasteiger partial charge in [0.2, 0.25) is 0 Å². The number of carboxylic acid groups (broad SMARTS) is 1. The van der Waals surface area contributed by atoms with Gasteiger partial charge in [-0.2, -0.15) is 0 Å². The molecule has 0 atom stereocenters. The molecule has 0 fully saturated rings. The molecule has 0 aliphatic carbocycles. The zero-order chi connectivity index (χ0) is 22.4. The summed E-state index contributed by atoms with van der Waals surface area (Å²) in [5.41, 5.74) is 0.273. The standard InChI is InChI=1S/C22H15ClN2O6/c23-18-13-16(25(29)30)9-10-20(18)31-17-8-4-5-14(11-17)12-19(22(27)28)24-21(26)15-6-2-1-3-7-15/h1-13H,(H,24,26)(H,27,28)/b19-12-. The molecule has 0 bridgehead atoms. The van der Waals surface area contributed by atoms with Crippen LogP contribution in [0.2, 0.25) is 5.02 Å². The molecule has 0 aliphatic heterocycles. The number of halogens is 1. The van der Waals surface area contributed by atoms with Gasteiger partial charge in [-0.05, 0) is 42.0 Å². The van der Waals surface area contributed by atoms with Gasteiger partial charge in [0.15, 0.2) is 0 Å². The number of aliphatic carboxylic acids is 1. The number of carbonyl (C=O) groups is 2. The number of nitrogens with zero attached hydrogens (tertiary/aromatic N) is 1. The van der Waals surface area contributed by atoms with Crippen molar-refractivity contribution in [2.75, 3.05) is 0 Å². The fraction of sp³-hybridized carbons (Fsp3) is 0. The monoisotopic (exact) mass is 438 g/mol. The number of rotatable bonds is 7. The molecular weight excluding hydrogens is 424 g/mol. The second-order valence-electron chi connectivity index (χ2n) is 6.23. The van der Waals surface area contributed by atoms with Gasteiger partial charge in [0, 0.05) is 17.7 Å². The normalized spacial score (nSPS) is 10.9. The van der Waals surface area contributed by atoms with Crippen molar-refractivity contribution in [3.8, 4) is 11.5 Å². The number of amides is 1. The van der Waals surface area contributed by atoms with Crippen LogP contribution in [0.5, 0.6) is 11.5 Å². The number of carbonyl (C=O) groups excluding carboxylic acids is 1. The summed E-state index contributed by atoms with van der Waals surface area (Å²) in [6, 6.07) is 18.4. The molecule has 1 amide bonds. The minimum absolute atomic E-state index is 0.0523. The number of ether oxygens (including phenoxy) is 1. The van der Waals surface area contributed by atoms with Crippen LogP contribution in [0, 0.1) is 10.1 Å². The predicted octanol–water partition coefficient (Wildman–Crippen LogP) is 4.90. The van der Waals surface area contributed by atoms with Crippen LogP contribution in [0.25, 0.3) is 6.08 Å². The lowest BCUT2D eigenvalue weighted by molar-refractivity contribution is -0.384. The van der Waals surface area contributed by atoms with E-state index in [2.05, 4.69) is 5.32 Å². The van der Waals surface area contributed by atoms with E-state index >= 15 is 0 Å². The van der Waals surface area contributed by atoms with Crippen LogP contribution in [-0.2, 0) is 4.79 Å². The fourth-order valence-electron chi connectivity index (χ4n) is 2.58. The number of nitro groups is 1. The Balaban J connectivity index is 1.82. The van der Waals surface area contributed by atoms with Gasteiger partial charge in [-0.25, -0.2) is 4.79 Å². The van der Waals surface area contributed by atoms with Gasteiger partial charge in [0.25, 0.3) is 11.6 Å². The van der Waals surface area contributed by atoms with Gasteiger partial charge in [0.05, 0.1) is 9.95 Å². The molecule has 2 N–H and O–H groups in total. The quantitative estimate of drug-likeness (QED) is 0.308. The molecule has 0 spiro atoms. The summed E-state index contributed by atoms with van der Waals surface area (Å²) in [6.07, 6.45) is 1.29. The molecule has 0 aromatic heterocycles. The molecule has 9 heteroatoms. The van der Waals surface area contributed by atoms with E-state index in [1.165, 1.54) is 30.3 Å². The van der Waals surface area contributed by atoms with E-state index in [0.717, 1.165) is 0 Å². The summed E-state index contributed by atoms with van der Waals surface area (Å²) in [6.45, 7) is 0. The third-order valence-corrected chi connectivity index (χ3v) is 4.33. The SMILES string of the molecule is O=C(O)/C(=C/c1cccc(Oc2ccc([N+](=O)[O-])cc2Cl)c1)NC(=O)c1ccccc1. The van der Waals surface area contributed by atoms with Crippen LogP contribution in [0.3, 0.4) is 0 Å². The zero-order valence-electron chi connectivity index (χ0n) is 15.8. The van der Waals surface area contributed by atoms with E-state index in [1.54, 1.807) is 48.5 Å². The first-order valence-corrected chi connectivity index (χ1v) is 9.24. The molecule has 3 aromatic rings. The average Bonchev–Trinajstić information content (AvgIpc) is 2.75. The van der Waals surface area contributed by atoms with Gasteiger partial charge >= 0.3 is 5.97 Å². The number of hydrogen-bond acceptors (Lipinski definition) is 5. The van der Waals surface area contributed by atoms with Gasteiger partial charge in [-0.15, -0.1) is 0 Å². The maximum Gasteiger partial charge on any atom is 0.352 e. The molecule has 31 heavy (non-hydrogen) atoms. The van der Waals surface area contributed by atoms with Crippen LogP contribution in [0.15, 0.2) is 78.5 Å². The molecule has 0 aliphatic rings. The van der Waals surface area contributed by atoms with E-state index in [4.69, 9.17) is 16.3 Å². The van der Waals surface area contributed by atoms with E-state index in [1.807, 2.05) is 0 Å². The maximum atomic E-state index is 12.3. The first-order valence-electron chi connectivity index (χ1n) is 8.87. The average molecular weight is 439 g/mol. The molecular formula is C22H15ClN2O6.